The molecule has 1 aromatic carbocycles. The lowest BCUT2D eigenvalue weighted by molar-refractivity contribution is -0.116. The Bertz CT molecular complexity index is 1140. The SMILES string of the molecule is Cc1c(CN(C(=O)CCl)c2ccc3c(C)nn(C)c3n2)c(F)c(F)c2c1CCC2. The minimum Gasteiger partial charge on any atom is -0.291 e. The second kappa shape index (κ2) is 7.37. The summed E-state index contributed by atoms with van der Waals surface area (Å²) in [6, 6.07) is 3.50. The molecule has 152 valence electrons. The van der Waals surface area contributed by atoms with Crippen LogP contribution in [0.1, 0.15) is 34.4 Å². The van der Waals surface area contributed by atoms with Gasteiger partial charge in [0.05, 0.1) is 12.2 Å². The van der Waals surface area contributed by atoms with Gasteiger partial charge in [0.25, 0.3) is 0 Å². The molecule has 0 atom stereocenters. The van der Waals surface area contributed by atoms with Crippen LogP contribution in [0.25, 0.3) is 11.0 Å². The number of fused-ring (bicyclic) bond motifs is 2. The predicted molar refractivity (Wildman–Crippen MR) is 108 cm³/mol. The van der Waals surface area contributed by atoms with E-state index in [4.69, 9.17) is 11.6 Å². The van der Waals surface area contributed by atoms with Crippen LogP contribution in [-0.2, 0) is 31.2 Å². The lowest BCUT2D eigenvalue weighted by atomic mass is 9.97. The summed E-state index contributed by atoms with van der Waals surface area (Å²) in [6.45, 7) is 3.52. The molecular formula is C21H21ClF2N4O. The average Bonchev–Trinajstić information content (AvgIpc) is 3.31. The number of anilines is 1. The highest BCUT2D eigenvalue weighted by Crippen LogP contribution is 2.34. The number of aromatic nitrogens is 3. The van der Waals surface area contributed by atoms with E-state index in [2.05, 4.69) is 10.1 Å². The lowest BCUT2D eigenvalue weighted by Gasteiger charge is -2.23. The van der Waals surface area contributed by atoms with E-state index < -0.39 is 17.5 Å². The van der Waals surface area contributed by atoms with Crippen molar-refractivity contribution < 1.29 is 13.6 Å². The maximum atomic E-state index is 14.9. The van der Waals surface area contributed by atoms with Gasteiger partial charge in [-0.3, -0.25) is 14.4 Å². The first kappa shape index (κ1) is 19.8. The first-order valence-electron chi connectivity index (χ1n) is 9.48. The van der Waals surface area contributed by atoms with Crippen LogP contribution < -0.4 is 4.90 Å². The molecule has 0 saturated carbocycles. The first-order valence-corrected chi connectivity index (χ1v) is 10.0. The van der Waals surface area contributed by atoms with E-state index in [0.717, 1.165) is 23.1 Å². The largest absolute Gasteiger partial charge is 0.291 e. The molecule has 8 heteroatoms. The molecular weight excluding hydrogens is 398 g/mol. The Balaban J connectivity index is 1.81. The molecule has 0 aliphatic heterocycles. The third-order valence-electron chi connectivity index (χ3n) is 5.71. The number of halogens is 3. The highest BCUT2D eigenvalue weighted by molar-refractivity contribution is 6.29. The van der Waals surface area contributed by atoms with Crippen LogP contribution in [-0.4, -0.2) is 26.6 Å². The Morgan fingerprint density at radius 3 is 2.66 bits per heavy atom. The van der Waals surface area contributed by atoms with Crippen molar-refractivity contribution in [3.8, 4) is 0 Å². The zero-order valence-electron chi connectivity index (χ0n) is 16.5. The summed E-state index contributed by atoms with van der Waals surface area (Å²) in [5.74, 6) is -2.10. The Hall–Kier alpha value is -2.54. The van der Waals surface area contributed by atoms with Gasteiger partial charge in [-0.15, -0.1) is 11.6 Å². The molecule has 0 bridgehead atoms. The normalized spacial score (nSPS) is 13.2. The fourth-order valence-electron chi connectivity index (χ4n) is 4.17. The average molecular weight is 419 g/mol. The summed E-state index contributed by atoms with van der Waals surface area (Å²) in [7, 11) is 1.76. The number of nitrogens with zero attached hydrogens (tertiary/aromatic N) is 4. The van der Waals surface area contributed by atoms with Gasteiger partial charge in [0, 0.05) is 18.0 Å². The number of carbonyl (C=O) groups is 1. The van der Waals surface area contributed by atoms with Crippen molar-refractivity contribution >= 4 is 34.4 Å². The number of benzene rings is 1. The van der Waals surface area contributed by atoms with Gasteiger partial charge in [-0.1, -0.05) is 0 Å². The maximum absolute atomic E-state index is 14.9. The number of hydrogen-bond acceptors (Lipinski definition) is 3. The zero-order chi connectivity index (χ0) is 20.9. The molecule has 0 spiro atoms. The van der Waals surface area contributed by atoms with Gasteiger partial charge < -0.3 is 0 Å². The van der Waals surface area contributed by atoms with Crippen LogP contribution in [0, 0.1) is 25.5 Å². The van der Waals surface area contributed by atoms with E-state index in [1.165, 1.54) is 4.90 Å². The van der Waals surface area contributed by atoms with Gasteiger partial charge in [-0.25, -0.2) is 13.8 Å². The van der Waals surface area contributed by atoms with Crippen molar-refractivity contribution in [3.63, 3.8) is 0 Å². The summed E-state index contributed by atoms with van der Waals surface area (Å²) in [5.41, 5.74) is 3.60. The van der Waals surface area contributed by atoms with Gasteiger partial charge in [0.2, 0.25) is 5.91 Å². The van der Waals surface area contributed by atoms with Gasteiger partial charge in [-0.2, -0.15) is 5.10 Å². The van der Waals surface area contributed by atoms with E-state index in [1.807, 2.05) is 13.0 Å². The molecule has 0 fully saturated rings. The maximum Gasteiger partial charge on any atom is 0.243 e. The molecule has 2 heterocycles. The molecule has 1 amide bonds. The highest BCUT2D eigenvalue weighted by atomic mass is 35.5. The monoisotopic (exact) mass is 418 g/mol. The van der Waals surface area contributed by atoms with Gasteiger partial charge in [0.15, 0.2) is 17.3 Å². The number of rotatable bonds is 4. The van der Waals surface area contributed by atoms with E-state index in [0.29, 0.717) is 35.4 Å². The number of pyridine rings is 1. The summed E-state index contributed by atoms with van der Waals surface area (Å²) in [6.07, 6.45) is 2.06. The smallest absolute Gasteiger partial charge is 0.243 e. The molecule has 0 radical (unpaired) electrons. The molecule has 4 rings (SSSR count). The number of amides is 1. The molecule has 3 aromatic rings. The number of carbonyl (C=O) groups excluding carboxylic acids is 1. The Morgan fingerprint density at radius 1 is 1.21 bits per heavy atom. The minimum absolute atomic E-state index is 0.136. The van der Waals surface area contributed by atoms with Gasteiger partial charge in [0.1, 0.15) is 11.7 Å². The van der Waals surface area contributed by atoms with Crippen LogP contribution in [0.4, 0.5) is 14.6 Å². The Labute approximate surface area is 172 Å². The van der Waals surface area contributed by atoms with E-state index in [9.17, 15) is 13.6 Å². The molecule has 2 aromatic heterocycles. The van der Waals surface area contributed by atoms with Crippen molar-refractivity contribution in [3.05, 3.63) is 51.7 Å². The van der Waals surface area contributed by atoms with E-state index in [-0.39, 0.29) is 18.0 Å². The van der Waals surface area contributed by atoms with Crippen LogP contribution in [0.15, 0.2) is 12.1 Å². The Morgan fingerprint density at radius 2 is 1.93 bits per heavy atom. The highest BCUT2D eigenvalue weighted by Gasteiger charge is 2.28. The summed E-state index contributed by atoms with van der Waals surface area (Å²) in [4.78, 5) is 18.5. The second-order valence-electron chi connectivity index (χ2n) is 7.41. The van der Waals surface area contributed by atoms with Crippen LogP contribution in [0.2, 0.25) is 0 Å². The van der Waals surface area contributed by atoms with Gasteiger partial charge in [-0.05, 0) is 61.9 Å². The molecule has 29 heavy (non-hydrogen) atoms. The van der Waals surface area contributed by atoms with Crippen molar-refractivity contribution in [2.75, 3.05) is 10.8 Å². The van der Waals surface area contributed by atoms with E-state index >= 15 is 0 Å². The fourth-order valence-corrected chi connectivity index (χ4v) is 4.31. The van der Waals surface area contributed by atoms with Crippen molar-refractivity contribution in [1.82, 2.24) is 14.8 Å². The zero-order valence-corrected chi connectivity index (χ0v) is 17.3. The van der Waals surface area contributed by atoms with Crippen molar-refractivity contribution in [2.45, 2.75) is 39.7 Å². The second-order valence-corrected chi connectivity index (χ2v) is 7.67. The van der Waals surface area contributed by atoms with E-state index in [1.54, 1.807) is 24.7 Å². The molecule has 1 aliphatic rings. The van der Waals surface area contributed by atoms with Crippen LogP contribution >= 0.6 is 11.6 Å². The predicted octanol–water partition coefficient (Wildman–Crippen LogP) is 4.12. The summed E-state index contributed by atoms with van der Waals surface area (Å²) in [5, 5.41) is 5.20. The summed E-state index contributed by atoms with van der Waals surface area (Å²) >= 11 is 5.82. The molecule has 1 aliphatic carbocycles. The summed E-state index contributed by atoms with van der Waals surface area (Å²) < 4.78 is 31.1. The third kappa shape index (κ3) is 3.17. The molecule has 0 unspecified atom stereocenters. The lowest BCUT2D eigenvalue weighted by Crippen LogP contribution is -2.33. The van der Waals surface area contributed by atoms with Crippen molar-refractivity contribution in [1.29, 1.82) is 0 Å². The minimum atomic E-state index is -0.895. The van der Waals surface area contributed by atoms with Crippen LogP contribution in [0.5, 0.6) is 0 Å². The Kier molecular flexibility index (Phi) is 5.02. The van der Waals surface area contributed by atoms with Crippen LogP contribution in [0.3, 0.4) is 0 Å². The standard InChI is InChI=1S/C21H21ClF2N4O/c1-11-13-5-4-6-15(13)19(23)20(24)16(11)10-28(18(29)9-22)17-8-7-14-12(2)26-27(3)21(14)25-17/h7-8H,4-6,9-10H2,1-3H3. The van der Waals surface area contributed by atoms with Crippen molar-refractivity contribution in [2.24, 2.45) is 7.05 Å². The fraction of sp³-hybridized carbons (Fsp3) is 0.381. The van der Waals surface area contributed by atoms with Gasteiger partial charge >= 0.3 is 0 Å². The number of hydrogen-bond donors (Lipinski definition) is 0. The molecule has 5 nitrogen and oxygen atoms in total. The number of aryl methyl sites for hydroxylation is 2. The quantitative estimate of drug-likeness (QED) is 0.599. The molecule has 0 saturated heterocycles. The first-order chi connectivity index (χ1) is 13.8. The third-order valence-corrected chi connectivity index (χ3v) is 5.94. The number of alkyl halides is 1. The molecule has 0 N–H and O–H groups in total. The topological polar surface area (TPSA) is 51.0 Å².